The summed E-state index contributed by atoms with van der Waals surface area (Å²) in [6.07, 6.45) is 1.85. The number of rotatable bonds is 9. The molecule has 0 heterocycles. The zero-order valence-corrected chi connectivity index (χ0v) is 20.5. The van der Waals surface area contributed by atoms with Crippen molar-refractivity contribution in [3.63, 3.8) is 0 Å². The number of hydrogen-bond donors (Lipinski definition) is 1. The zero-order chi connectivity index (χ0) is 24.0. The Morgan fingerprint density at radius 1 is 0.879 bits per heavy atom. The standard InChI is InChI=1S/C27H32N2O3S/c1-20-13-16-24(17-14-20)27(23-9-6-5-7-10-23)28-26(30)11-8-18-29(33(4,31)32)25-19-21(2)12-15-22(25)3/h5-7,9-10,12-17,19,27H,8,11,18H2,1-4H3,(H,28,30). The van der Waals surface area contributed by atoms with Crippen molar-refractivity contribution >= 4 is 21.6 Å². The number of nitrogens with one attached hydrogen (secondary N) is 1. The second-order valence-electron chi connectivity index (χ2n) is 8.55. The lowest BCUT2D eigenvalue weighted by Crippen LogP contribution is -2.33. The van der Waals surface area contributed by atoms with E-state index in [1.165, 1.54) is 10.6 Å². The molecule has 0 aliphatic rings. The van der Waals surface area contributed by atoms with Crippen LogP contribution in [0.4, 0.5) is 5.69 Å². The van der Waals surface area contributed by atoms with Crippen molar-refractivity contribution in [3.8, 4) is 0 Å². The molecule has 0 saturated heterocycles. The molecular formula is C27H32N2O3S. The lowest BCUT2D eigenvalue weighted by Gasteiger charge is -2.25. The van der Waals surface area contributed by atoms with Crippen molar-refractivity contribution in [1.29, 1.82) is 0 Å². The Labute approximate surface area is 197 Å². The van der Waals surface area contributed by atoms with Crippen LogP contribution in [0.25, 0.3) is 0 Å². The predicted molar refractivity (Wildman–Crippen MR) is 135 cm³/mol. The fourth-order valence-electron chi connectivity index (χ4n) is 3.83. The summed E-state index contributed by atoms with van der Waals surface area (Å²) in [5.74, 6) is -0.112. The first-order chi connectivity index (χ1) is 15.6. The molecule has 0 spiro atoms. The maximum absolute atomic E-state index is 12.9. The van der Waals surface area contributed by atoms with Crippen LogP contribution < -0.4 is 9.62 Å². The zero-order valence-electron chi connectivity index (χ0n) is 19.7. The third-order valence-electron chi connectivity index (χ3n) is 5.65. The van der Waals surface area contributed by atoms with Gasteiger partial charge >= 0.3 is 0 Å². The van der Waals surface area contributed by atoms with Gasteiger partial charge in [-0.1, -0.05) is 72.3 Å². The van der Waals surface area contributed by atoms with Crippen LogP contribution in [0.15, 0.2) is 72.8 Å². The second-order valence-corrected chi connectivity index (χ2v) is 10.5. The number of carbonyl (C=O) groups is 1. The Morgan fingerprint density at radius 2 is 1.48 bits per heavy atom. The maximum Gasteiger partial charge on any atom is 0.232 e. The molecule has 3 aromatic rings. The molecule has 1 atom stereocenters. The summed E-state index contributed by atoms with van der Waals surface area (Å²) in [5, 5.41) is 3.13. The van der Waals surface area contributed by atoms with E-state index in [-0.39, 0.29) is 24.9 Å². The largest absolute Gasteiger partial charge is 0.345 e. The summed E-state index contributed by atoms with van der Waals surface area (Å²) >= 11 is 0. The Hall–Kier alpha value is -3.12. The van der Waals surface area contributed by atoms with E-state index >= 15 is 0 Å². The second kappa shape index (κ2) is 10.7. The topological polar surface area (TPSA) is 66.5 Å². The molecule has 5 nitrogen and oxygen atoms in total. The van der Waals surface area contributed by atoms with Gasteiger partial charge in [-0.05, 0) is 55.5 Å². The van der Waals surface area contributed by atoms with Crippen molar-refractivity contribution in [2.45, 2.75) is 39.7 Å². The van der Waals surface area contributed by atoms with Crippen LogP contribution in [0.1, 0.15) is 46.7 Å². The molecule has 174 valence electrons. The lowest BCUT2D eigenvalue weighted by molar-refractivity contribution is -0.121. The van der Waals surface area contributed by atoms with Gasteiger partial charge in [0.25, 0.3) is 0 Å². The van der Waals surface area contributed by atoms with E-state index in [0.717, 1.165) is 27.8 Å². The van der Waals surface area contributed by atoms with Crippen LogP contribution in [-0.4, -0.2) is 27.1 Å². The number of hydrogen-bond acceptors (Lipinski definition) is 3. The van der Waals surface area contributed by atoms with Gasteiger partial charge in [0.2, 0.25) is 15.9 Å². The molecular weight excluding hydrogens is 432 g/mol. The molecule has 0 aromatic heterocycles. The molecule has 3 rings (SSSR count). The lowest BCUT2D eigenvalue weighted by atomic mass is 9.97. The first kappa shape index (κ1) is 24.5. The van der Waals surface area contributed by atoms with Crippen LogP contribution in [-0.2, 0) is 14.8 Å². The number of amides is 1. The van der Waals surface area contributed by atoms with Gasteiger partial charge in [-0.25, -0.2) is 8.42 Å². The molecule has 0 aliphatic carbocycles. The molecule has 0 bridgehead atoms. The third-order valence-corrected chi connectivity index (χ3v) is 6.83. The number of aryl methyl sites for hydroxylation is 3. The molecule has 0 aliphatic heterocycles. The highest BCUT2D eigenvalue weighted by Gasteiger charge is 2.21. The Balaban J connectivity index is 1.71. The summed E-state index contributed by atoms with van der Waals surface area (Å²) in [6, 6.07) is 23.5. The molecule has 0 radical (unpaired) electrons. The summed E-state index contributed by atoms with van der Waals surface area (Å²) in [5.41, 5.74) is 5.71. The van der Waals surface area contributed by atoms with E-state index < -0.39 is 10.0 Å². The van der Waals surface area contributed by atoms with Crippen molar-refractivity contribution in [2.75, 3.05) is 17.1 Å². The minimum absolute atomic E-state index is 0.112. The van der Waals surface area contributed by atoms with E-state index in [9.17, 15) is 13.2 Å². The summed E-state index contributed by atoms with van der Waals surface area (Å²) in [7, 11) is -3.47. The average Bonchev–Trinajstić information content (AvgIpc) is 2.77. The number of sulfonamides is 1. The van der Waals surface area contributed by atoms with Gasteiger partial charge in [0.1, 0.15) is 0 Å². The van der Waals surface area contributed by atoms with Crippen LogP contribution in [0.3, 0.4) is 0 Å². The van der Waals surface area contributed by atoms with Gasteiger partial charge in [0.05, 0.1) is 18.0 Å². The van der Waals surface area contributed by atoms with E-state index in [4.69, 9.17) is 0 Å². The fraction of sp³-hybridized carbons (Fsp3) is 0.296. The van der Waals surface area contributed by atoms with Gasteiger partial charge in [-0.2, -0.15) is 0 Å². The van der Waals surface area contributed by atoms with Gasteiger partial charge in [0, 0.05) is 13.0 Å². The summed E-state index contributed by atoms with van der Waals surface area (Å²) in [4.78, 5) is 12.9. The monoisotopic (exact) mass is 464 g/mol. The predicted octanol–water partition coefficient (Wildman–Crippen LogP) is 5.06. The smallest absolute Gasteiger partial charge is 0.232 e. The number of benzene rings is 3. The quantitative estimate of drug-likeness (QED) is 0.481. The van der Waals surface area contributed by atoms with Crippen molar-refractivity contribution < 1.29 is 13.2 Å². The summed E-state index contributed by atoms with van der Waals surface area (Å²) in [6.45, 7) is 6.11. The number of anilines is 1. The molecule has 1 unspecified atom stereocenters. The maximum atomic E-state index is 12.9. The Kier molecular flexibility index (Phi) is 7.92. The highest BCUT2D eigenvalue weighted by atomic mass is 32.2. The van der Waals surface area contributed by atoms with Crippen LogP contribution >= 0.6 is 0 Å². The Morgan fingerprint density at radius 3 is 2.12 bits per heavy atom. The highest BCUT2D eigenvalue weighted by Crippen LogP contribution is 2.25. The first-order valence-corrected chi connectivity index (χ1v) is 13.0. The van der Waals surface area contributed by atoms with Crippen LogP contribution in [0.5, 0.6) is 0 Å². The minimum atomic E-state index is -3.47. The van der Waals surface area contributed by atoms with Gasteiger partial charge in [-0.3, -0.25) is 9.10 Å². The van der Waals surface area contributed by atoms with E-state index in [1.807, 2.05) is 93.6 Å². The van der Waals surface area contributed by atoms with E-state index in [2.05, 4.69) is 5.32 Å². The minimum Gasteiger partial charge on any atom is -0.345 e. The fourth-order valence-corrected chi connectivity index (χ4v) is 4.85. The van der Waals surface area contributed by atoms with Crippen LogP contribution in [0.2, 0.25) is 0 Å². The van der Waals surface area contributed by atoms with Gasteiger partial charge in [0.15, 0.2) is 0 Å². The van der Waals surface area contributed by atoms with Crippen molar-refractivity contribution in [3.05, 3.63) is 101 Å². The number of nitrogens with zero attached hydrogens (tertiary/aromatic N) is 1. The molecule has 33 heavy (non-hydrogen) atoms. The van der Waals surface area contributed by atoms with Crippen molar-refractivity contribution in [1.82, 2.24) is 5.32 Å². The van der Waals surface area contributed by atoms with Gasteiger partial charge in [-0.15, -0.1) is 0 Å². The molecule has 6 heteroatoms. The third kappa shape index (κ3) is 6.68. The molecule has 1 amide bonds. The average molecular weight is 465 g/mol. The molecule has 0 saturated carbocycles. The normalized spacial score (nSPS) is 12.2. The molecule has 1 N–H and O–H groups in total. The summed E-state index contributed by atoms with van der Waals surface area (Å²) < 4.78 is 26.3. The molecule has 0 fully saturated rings. The van der Waals surface area contributed by atoms with E-state index in [0.29, 0.717) is 12.1 Å². The van der Waals surface area contributed by atoms with Crippen molar-refractivity contribution in [2.24, 2.45) is 0 Å². The SMILES string of the molecule is Cc1ccc(C(NC(=O)CCCN(c2cc(C)ccc2C)S(C)(=O)=O)c2ccccc2)cc1. The van der Waals surface area contributed by atoms with Crippen LogP contribution in [0, 0.1) is 20.8 Å². The Bertz CT molecular complexity index is 1190. The molecule has 3 aromatic carbocycles. The van der Waals surface area contributed by atoms with Gasteiger partial charge < -0.3 is 5.32 Å². The van der Waals surface area contributed by atoms with E-state index in [1.54, 1.807) is 0 Å². The highest BCUT2D eigenvalue weighted by molar-refractivity contribution is 7.92. The first-order valence-electron chi connectivity index (χ1n) is 11.1. The number of carbonyl (C=O) groups excluding carboxylic acids is 1.